The monoisotopic (exact) mass is 310 g/mol. The highest BCUT2D eigenvalue weighted by atomic mass is 32.2. The van der Waals surface area contributed by atoms with Crippen LogP contribution in [0.15, 0.2) is 23.1 Å². The van der Waals surface area contributed by atoms with Gasteiger partial charge in [0.2, 0.25) is 10.0 Å². The molecule has 1 aromatic rings. The van der Waals surface area contributed by atoms with E-state index in [1.54, 1.807) is 18.2 Å². The van der Waals surface area contributed by atoms with E-state index >= 15 is 0 Å². The van der Waals surface area contributed by atoms with Crippen molar-refractivity contribution in [1.29, 1.82) is 0 Å². The van der Waals surface area contributed by atoms with E-state index in [4.69, 9.17) is 5.73 Å². The lowest BCUT2D eigenvalue weighted by atomic mass is 9.84. The number of hydrogen-bond donors (Lipinski definition) is 2. The summed E-state index contributed by atoms with van der Waals surface area (Å²) in [5.74, 6) is 0. The number of nitrogen functional groups attached to an aromatic ring is 1. The summed E-state index contributed by atoms with van der Waals surface area (Å²) in [7, 11) is -3.49. The Morgan fingerprint density at radius 2 is 1.90 bits per heavy atom. The molecule has 1 saturated carbocycles. The molecular formula is C16H26N2O2S. The number of aryl methyl sites for hydroxylation is 1. The Morgan fingerprint density at radius 1 is 1.24 bits per heavy atom. The fraction of sp³-hybridized carbons (Fsp3) is 0.625. The normalized spacial score (nSPS) is 18.0. The van der Waals surface area contributed by atoms with E-state index in [9.17, 15) is 8.42 Å². The van der Waals surface area contributed by atoms with Gasteiger partial charge >= 0.3 is 0 Å². The molecular weight excluding hydrogens is 284 g/mol. The lowest BCUT2D eigenvalue weighted by molar-refractivity contribution is 0.285. The lowest BCUT2D eigenvalue weighted by Crippen LogP contribution is -2.36. The van der Waals surface area contributed by atoms with Gasteiger partial charge in [-0.25, -0.2) is 13.1 Å². The summed E-state index contributed by atoms with van der Waals surface area (Å²) in [6.45, 7) is 4.64. The zero-order chi connectivity index (χ0) is 15.5. The number of nitrogens with two attached hydrogens (primary N) is 1. The van der Waals surface area contributed by atoms with Crippen molar-refractivity contribution in [2.75, 3.05) is 12.3 Å². The summed E-state index contributed by atoms with van der Waals surface area (Å²) in [6.07, 6.45) is 6.33. The van der Waals surface area contributed by atoms with Gasteiger partial charge in [-0.05, 0) is 48.8 Å². The third-order valence-electron chi connectivity index (χ3n) is 4.81. The molecule has 5 heteroatoms. The van der Waals surface area contributed by atoms with Crippen LogP contribution in [0.2, 0.25) is 0 Å². The van der Waals surface area contributed by atoms with E-state index in [1.807, 2.05) is 6.92 Å². The topological polar surface area (TPSA) is 72.2 Å². The predicted octanol–water partition coefficient (Wildman–Crippen LogP) is 3.08. The number of anilines is 1. The average molecular weight is 310 g/mol. The second-order valence-electron chi connectivity index (χ2n) is 6.11. The summed E-state index contributed by atoms with van der Waals surface area (Å²) >= 11 is 0. The first-order chi connectivity index (χ1) is 9.92. The van der Waals surface area contributed by atoms with Crippen molar-refractivity contribution < 1.29 is 8.42 Å². The van der Waals surface area contributed by atoms with Crippen LogP contribution < -0.4 is 10.5 Å². The number of benzene rings is 1. The van der Waals surface area contributed by atoms with Crippen molar-refractivity contribution in [2.24, 2.45) is 5.41 Å². The van der Waals surface area contributed by atoms with Gasteiger partial charge < -0.3 is 5.73 Å². The summed E-state index contributed by atoms with van der Waals surface area (Å²) in [6, 6.07) is 5.12. The van der Waals surface area contributed by atoms with Crippen LogP contribution in [0.4, 0.5) is 5.69 Å². The van der Waals surface area contributed by atoms with Gasteiger partial charge in [0.1, 0.15) is 0 Å². The van der Waals surface area contributed by atoms with Crippen LogP contribution in [0, 0.1) is 5.41 Å². The van der Waals surface area contributed by atoms with Crippen LogP contribution in [-0.4, -0.2) is 15.0 Å². The average Bonchev–Trinajstić information content (AvgIpc) is 2.95. The Hall–Kier alpha value is -1.07. The van der Waals surface area contributed by atoms with Gasteiger partial charge in [-0.3, -0.25) is 0 Å². The van der Waals surface area contributed by atoms with Crippen LogP contribution in [0.3, 0.4) is 0 Å². The highest BCUT2D eigenvalue weighted by Crippen LogP contribution is 2.40. The van der Waals surface area contributed by atoms with Gasteiger partial charge in [-0.1, -0.05) is 32.8 Å². The van der Waals surface area contributed by atoms with Crippen molar-refractivity contribution in [2.45, 2.75) is 57.3 Å². The predicted molar refractivity (Wildman–Crippen MR) is 86.6 cm³/mol. The van der Waals surface area contributed by atoms with Gasteiger partial charge in [0.25, 0.3) is 0 Å². The summed E-state index contributed by atoms with van der Waals surface area (Å²) in [5.41, 5.74) is 7.19. The third kappa shape index (κ3) is 3.58. The highest BCUT2D eigenvalue weighted by molar-refractivity contribution is 7.89. The standard InChI is InChI=1S/C16H26N2O2S/c1-3-13-7-8-14(17)11-15(13)21(19,20)18-12-16(4-2)9-5-6-10-16/h7-8,11,18H,3-6,9-10,12,17H2,1-2H3. The number of nitrogens with one attached hydrogen (secondary N) is 1. The largest absolute Gasteiger partial charge is 0.399 e. The molecule has 0 aromatic heterocycles. The van der Waals surface area contributed by atoms with Crippen molar-refractivity contribution in [1.82, 2.24) is 4.72 Å². The summed E-state index contributed by atoms with van der Waals surface area (Å²) < 4.78 is 28.1. The van der Waals surface area contributed by atoms with E-state index < -0.39 is 10.0 Å². The first-order valence-corrected chi connectivity index (χ1v) is 9.29. The molecule has 0 atom stereocenters. The molecule has 1 aliphatic rings. The van der Waals surface area contributed by atoms with Crippen LogP contribution >= 0.6 is 0 Å². The molecule has 1 aromatic carbocycles. The quantitative estimate of drug-likeness (QED) is 0.793. The van der Waals surface area contributed by atoms with Gasteiger partial charge in [0.05, 0.1) is 4.90 Å². The van der Waals surface area contributed by atoms with Crippen LogP contribution in [0.1, 0.15) is 51.5 Å². The fourth-order valence-electron chi connectivity index (χ4n) is 3.22. The van der Waals surface area contributed by atoms with E-state index in [-0.39, 0.29) is 5.41 Å². The maximum absolute atomic E-state index is 12.6. The zero-order valence-corrected chi connectivity index (χ0v) is 13.8. The van der Waals surface area contributed by atoms with Crippen molar-refractivity contribution >= 4 is 15.7 Å². The van der Waals surface area contributed by atoms with Crippen molar-refractivity contribution in [3.05, 3.63) is 23.8 Å². The molecule has 21 heavy (non-hydrogen) atoms. The summed E-state index contributed by atoms with van der Waals surface area (Å²) in [5, 5.41) is 0. The molecule has 2 rings (SSSR count). The molecule has 0 amide bonds. The Kier molecular flexibility index (Phi) is 4.94. The maximum Gasteiger partial charge on any atom is 0.240 e. The van der Waals surface area contributed by atoms with Gasteiger partial charge in [0, 0.05) is 12.2 Å². The second kappa shape index (κ2) is 6.36. The zero-order valence-electron chi connectivity index (χ0n) is 13.0. The SMILES string of the molecule is CCc1ccc(N)cc1S(=O)(=O)NCC1(CC)CCCC1. The molecule has 1 fully saturated rings. The highest BCUT2D eigenvalue weighted by Gasteiger charge is 2.33. The lowest BCUT2D eigenvalue weighted by Gasteiger charge is -2.27. The number of sulfonamides is 1. The molecule has 0 unspecified atom stereocenters. The van der Waals surface area contributed by atoms with Crippen LogP contribution in [-0.2, 0) is 16.4 Å². The summed E-state index contributed by atoms with van der Waals surface area (Å²) in [4.78, 5) is 0.328. The molecule has 1 aliphatic carbocycles. The molecule has 4 nitrogen and oxygen atoms in total. The van der Waals surface area contributed by atoms with E-state index in [1.165, 1.54) is 12.8 Å². The molecule has 0 radical (unpaired) electrons. The Labute approximate surface area is 128 Å². The molecule has 0 bridgehead atoms. The van der Waals surface area contributed by atoms with Crippen molar-refractivity contribution in [3.63, 3.8) is 0 Å². The second-order valence-corrected chi connectivity index (χ2v) is 7.84. The number of rotatable bonds is 6. The fourth-order valence-corrected chi connectivity index (χ4v) is 4.72. The van der Waals surface area contributed by atoms with Crippen LogP contribution in [0.25, 0.3) is 0 Å². The molecule has 0 spiro atoms. The minimum Gasteiger partial charge on any atom is -0.399 e. The molecule has 118 valence electrons. The van der Waals surface area contributed by atoms with Crippen molar-refractivity contribution in [3.8, 4) is 0 Å². The van der Waals surface area contributed by atoms with E-state index in [0.717, 1.165) is 24.8 Å². The van der Waals surface area contributed by atoms with E-state index in [2.05, 4.69) is 11.6 Å². The van der Waals surface area contributed by atoms with Gasteiger partial charge in [-0.2, -0.15) is 0 Å². The number of hydrogen-bond acceptors (Lipinski definition) is 3. The van der Waals surface area contributed by atoms with Crippen LogP contribution in [0.5, 0.6) is 0 Å². The molecule has 0 aliphatic heterocycles. The first kappa shape index (κ1) is 16.3. The van der Waals surface area contributed by atoms with E-state index in [0.29, 0.717) is 23.5 Å². The Morgan fingerprint density at radius 3 is 2.48 bits per heavy atom. The molecule has 0 saturated heterocycles. The maximum atomic E-state index is 12.6. The first-order valence-electron chi connectivity index (χ1n) is 7.80. The third-order valence-corrected chi connectivity index (χ3v) is 6.30. The minimum atomic E-state index is -3.49. The Balaban J connectivity index is 2.20. The van der Waals surface area contributed by atoms with Gasteiger partial charge in [0.15, 0.2) is 0 Å². The van der Waals surface area contributed by atoms with Gasteiger partial charge in [-0.15, -0.1) is 0 Å². The molecule has 3 N–H and O–H groups in total. The smallest absolute Gasteiger partial charge is 0.240 e. The minimum absolute atomic E-state index is 0.139. The Bertz CT molecular complexity index is 590. The molecule has 0 heterocycles.